The largest absolute Gasteiger partial charge is 0.506 e. The van der Waals surface area contributed by atoms with E-state index in [-0.39, 0.29) is 45.4 Å². The van der Waals surface area contributed by atoms with Gasteiger partial charge < -0.3 is 9.67 Å². The Morgan fingerprint density at radius 1 is 0.854 bits per heavy atom. The molecule has 0 saturated carbocycles. The number of allylic oxidation sites excluding steroid dienone is 4. The molecule has 4 aromatic rings. The Morgan fingerprint density at radius 2 is 1.41 bits per heavy atom. The molecule has 0 aliphatic heterocycles. The van der Waals surface area contributed by atoms with Crippen molar-refractivity contribution in [3.8, 4) is 5.69 Å². The molecule has 210 valence electrons. The van der Waals surface area contributed by atoms with Gasteiger partial charge >= 0.3 is 12.4 Å². The molecule has 0 bridgehead atoms. The monoisotopic (exact) mass is 567 g/mol. The lowest BCUT2D eigenvalue weighted by Crippen LogP contribution is -2.23. The highest BCUT2D eigenvalue weighted by Gasteiger charge is 2.41. The van der Waals surface area contributed by atoms with Crippen LogP contribution in [0.1, 0.15) is 40.4 Å². The molecule has 9 heteroatoms. The van der Waals surface area contributed by atoms with E-state index in [0.29, 0.717) is 34.2 Å². The van der Waals surface area contributed by atoms with E-state index in [2.05, 4.69) is 6.58 Å². The van der Waals surface area contributed by atoms with Crippen LogP contribution in [-0.4, -0.2) is 15.5 Å². The Labute approximate surface area is 231 Å². The van der Waals surface area contributed by atoms with E-state index >= 15 is 0 Å². The van der Waals surface area contributed by atoms with Crippen molar-refractivity contribution in [3.05, 3.63) is 124 Å². The number of para-hydroxylation sites is 1. The molecule has 1 aromatic heterocycles. The number of hydrogen-bond donors (Lipinski definition) is 1. The summed E-state index contributed by atoms with van der Waals surface area (Å²) in [6.07, 6.45) is -10.1. The van der Waals surface area contributed by atoms with Crippen molar-refractivity contribution in [2.75, 3.05) is 0 Å². The van der Waals surface area contributed by atoms with Crippen LogP contribution in [-0.2, 0) is 17.1 Å². The van der Waals surface area contributed by atoms with Crippen LogP contribution in [0.2, 0.25) is 0 Å². The lowest BCUT2D eigenvalue weighted by molar-refractivity contribution is -0.143. The molecule has 0 radical (unpaired) electrons. The second kappa shape index (κ2) is 9.54. The number of aliphatic hydroxyl groups excluding tert-OH is 1. The number of carbonyl (C=O) groups is 1. The second-order valence-electron chi connectivity index (χ2n) is 9.98. The molecular formula is C32H23F6NO2. The number of halogens is 6. The Bertz CT molecular complexity index is 1800. The Balaban J connectivity index is 1.80. The maximum absolute atomic E-state index is 13.7. The number of hydrogen-bond acceptors (Lipinski definition) is 2. The van der Waals surface area contributed by atoms with Crippen molar-refractivity contribution < 1.29 is 36.2 Å². The number of aromatic nitrogens is 1. The average Bonchev–Trinajstić information content (AvgIpc) is 3.17. The fourth-order valence-electron chi connectivity index (χ4n) is 5.38. The van der Waals surface area contributed by atoms with Gasteiger partial charge in [-0.1, -0.05) is 49.0 Å². The minimum absolute atomic E-state index is 0.0523. The zero-order valence-electron chi connectivity index (χ0n) is 22.1. The molecule has 0 atom stereocenters. The molecule has 0 unspecified atom stereocenters. The van der Waals surface area contributed by atoms with Crippen LogP contribution in [0.3, 0.4) is 0 Å². The van der Waals surface area contributed by atoms with Crippen molar-refractivity contribution in [2.24, 2.45) is 0 Å². The predicted octanol–water partition coefficient (Wildman–Crippen LogP) is 9.17. The molecule has 0 saturated heterocycles. The molecule has 0 spiro atoms. The lowest BCUT2D eigenvalue weighted by Gasteiger charge is -2.26. The molecule has 41 heavy (non-hydrogen) atoms. The van der Waals surface area contributed by atoms with Gasteiger partial charge in [-0.15, -0.1) is 0 Å². The van der Waals surface area contributed by atoms with E-state index in [9.17, 15) is 36.2 Å². The first-order valence-corrected chi connectivity index (χ1v) is 12.5. The number of fused-ring (bicyclic) bond motifs is 1. The molecule has 1 N–H and O–H groups in total. The van der Waals surface area contributed by atoms with Crippen LogP contribution in [0, 0.1) is 13.8 Å². The molecule has 1 heterocycles. The Kier molecular flexibility index (Phi) is 6.52. The quantitative estimate of drug-likeness (QED) is 0.197. The summed E-state index contributed by atoms with van der Waals surface area (Å²) in [4.78, 5) is 13.7. The maximum Gasteiger partial charge on any atom is 0.416 e. The van der Waals surface area contributed by atoms with Crippen molar-refractivity contribution >= 4 is 27.8 Å². The minimum atomic E-state index is -5.03. The van der Waals surface area contributed by atoms with Crippen molar-refractivity contribution in [1.29, 1.82) is 0 Å². The minimum Gasteiger partial charge on any atom is -0.506 e. The second-order valence-corrected chi connectivity index (χ2v) is 9.98. The van der Waals surface area contributed by atoms with Gasteiger partial charge in [0.15, 0.2) is 0 Å². The summed E-state index contributed by atoms with van der Waals surface area (Å²) in [6.45, 7) is 9.02. The molecular weight excluding hydrogens is 544 g/mol. The van der Waals surface area contributed by atoms with E-state index in [1.807, 2.05) is 19.1 Å². The normalized spacial score (nSPS) is 15.4. The van der Waals surface area contributed by atoms with E-state index in [1.165, 1.54) is 17.6 Å². The lowest BCUT2D eigenvalue weighted by atomic mass is 9.76. The first kappa shape index (κ1) is 28.0. The number of Topliss-reactive ketones (excluding diaryl/α,β-unsaturated/α-hetero) is 1. The van der Waals surface area contributed by atoms with E-state index in [0.717, 1.165) is 5.56 Å². The highest BCUT2D eigenvalue weighted by molar-refractivity contribution is 6.43. The number of aryl methyl sites for hydroxylation is 1. The third-order valence-electron chi connectivity index (χ3n) is 7.21. The van der Waals surface area contributed by atoms with E-state index in [4.69, 9.17) is 0 Å². The summed E-state index contributed by atoms with van der Waals surface area (Å²) in [5.74, 6) is -0.822. The van der Waals surface area contributed by atoms with Crippen LogP contribution < -0.4 is 0 Å². The predicted molar refractivity (Wildman–Crippen MR) is 145 cm³/mol. The topological polar surface area (TPSA) is 42.2 Å². The summed E-state index contributed by atoms with van der Waals surface area (Å²) < 4.78 is 83.1. The third-order valence-corrected chi connectivity index (χ3v) is 7.21. The summed E-state index contributed by atoms with van der Waals surface area (Å²) in [5.41, 5.74) is -0.0616. The van der Waals surface area contributed by atoms with Gasteiger partial charge in [0.05, 0.1) is 27.8 Å². The van der Waals surface area contributed by atoms with Gasteiger partial charge in [0.2, 0.25) is 5.78 Å². The van der Waals surface area contributed by atoms with Gasteiger partial charge in [-0.05, 0) is 67.3 Å². The summed E-state index contributed by atoms with van der Waals surface area (Å²) in [5, 5.41) is 11.7. The Hall–Kier alpha value is -4.53. The van der Waals surface area contributed by atoms with Crippen LogP contribution in [0.15, 0.2) is 90.2 Å². The van der Waals surface area contributed by atoms with E-state index in [1.54, 1.807) is 37.3 Å². The SMILES string of the molecule is C=C(C)/C(=C1/C(=O)C(c2c(C)n(-c3cc(C(F)(F)F)cc(C(F)(F)F)c3)c3ccccc23)=C1O)c1ccccc1C. The van der Waals surface area contributed by atoms with Crippen molar-refractivity contribution in [2.45, 2.75) is 33.1 Å². The number of carbonyl (C=O) groups excluding carboxylic acids is 1. The van der Waals surface area contributed by atoms with Gasteiger partial charge in [-0.3, -0.25) is 4.79 Å². The number of ketones is 1. The highest BCUT2D eigenvalue weighted by Crippen LogP contribution is 2.47. The van der Waals surface area contributed by atoms with Crippen LogP contribution >= 0.6 is 0 Å². The van der Waals surface area contributed by atoms with Crippen molar-refractivity contribution in [1.82, 2.24) is 4.57 Å². The van der Waals surface area contributed by atoms with Crippen molar-refractivity contribution in [3.63, 3.8) is 0 Å². The van der Waals surface area contributed by atoms with Gasteiger partial charge in [0.1, 0.15) is 5.76 Å². The highest BCUT2D eigenvalue weighted by atomic mass is 19.4. The molecule has 1 aliphatic rings. The standard InChI is InChI=1S/C32H23F6NO2/c1-16(2)25(22-10-6-5-9-17(22)3)27-29(40)28(30(27)41)26-18(4)39(24-12-8-7-11-23(24)26)21-14-19(31(33,34)35)13-20(15-21)32(36,37)38/h5-15,40H,1H2,2-4H3/b27-25-. The maximum atomic E-state index is 13.7. The average molecular weight is 568 g/mol. The number of aliphatic hydroxyl groups is 1. The summed E-state index contributed by atoms with van der Waals surface area (Å²) in [7, 11) is 0. The number of nitrogens with zero attached hydrogens (tertiary/aromatic N) is 1. The van der Waals surface area contributed by atoms with Gasteiger partial charge in [0.25, 0.3) is 0 Å². The molecule has 0 fully saturated rings. The zero-order chi connectivity index (χ0) is 30.0. The van der Waals surface area contributed by atoms with E-state index < -0.39 is 29.3 Å². The summed E-state index contributed by atoms with van der Waals surface area (Å²) in [6, 6.07) is 15.0. The smallest absolute Gasteiger partial charge is 0.416 e. The molecule has 5 rings (SSSR count). The van der Waals surface area contributed by atoms with Crippen LogP contribution in [0.25, 0.3) is 27.7 Å². The molecule has 3 nitrogen and oxygen atoms in total. The van der Waals surface area contributed by atoms with Gasteiger partial charge in [-0.2, -0.15) is 26.3 Å². The van der Waals surface area contributed by atoms with Crippen LogP contribution in [0.5, 0.6) is 0 Å². The van der Waals surface area contributed by atoms with Gasteiger partial charge in [0, 0.05) is 22.3 Å². The Morgan fingerprint density at radius 3 is 1.95 bits per heavy atom. The first-order valence-electron chi connectivity index (χ1n) is 12.5. The number of alkyl halides is 6. The fraction of sp³-hybridized carbons (Fsp3) is 0.156. The first-order chi connectivity index (χ1) is 19.1. The summed E-state index contributed by atoms with van der Waals surface area (Å²) >= 11 is 0. The van der Waals surface area contributed by atoms with Crippen LogP contribution in [0.4, 0.5) is 26.3 Å². The zero-order valence-corrected chi connectivity index (χ0v) is 22.1. The molecule has 3 aromatic carbocycles. The van der Waals surface area contributed by atoms with Gasteiger partial charge in [-0.25, -0.2) is 0 Å². The number of rotatable bonds is 4. The molecule has 1 aliphatic carbocycles. The fourth-order valence-corrected chi connectivity index (χ4v) is 5.38. The third kappa shape index (κ3) is 4.55. The number of benzene rings is 3. The molecule has 0 amide bonds.